The number of hydrogen-bond acceptors (Lipinski definition) is 7. The zero-order chi connectivity index (χ0) is 23.5. The first-order valence-corrected chi connectivity index (χ1v) is 14.0. The van der Waals surface area contributed by atoms with E-state index in [-0.39, 0.29) is 17.2 Å². The van der Waals surface area contributed by atoms with Crippen molar-refractivity contribution < 1.29 is 17.9 Å². The Hall–Kier alpha value is -2.07. The summed E-state index contributed by atoms with van der Waals surface area (Å²) in [4.78, 5) is 14.2. The number of nitrogens with one attached hydrogen (secondary N) is 1. The molecule has 0 aromatic carbocycles. The lowest BCUT2D eigenvalue weighted by molar-refractivity contribution is -0.0172. The maximum Gasteiger partial charge on any atom is 0.166 e. The number of ether oxygens (including phenoxy) is 2. The molecule has 0 radical (unpaired) electrons. The maximum atomic E-state index is 13.3. The number of aromatic nitrogens is 3. The van der Waals surface area contributed by atoms with Gasteiger partial charge in [-0.15, -0.1) is 0 Å². The SMILES string of the molecule is COCCOC1CCCN(CS(=O)(=O)C2CCC(c3ccnc4cnc5[nH]ccc5c34)CC2)C1. The quantitative estimate of drug-likeness (QED) is 0.486. The highest BCUT2D eigenvalue weighted by Gasteiger charge is 2.34. The average molecular weight is 487 g/mol. The number of sulfone groups is 1. The van der Waals surface area contributed by atoms with Crippen molar-refractivity contribution in [1.82, 2.24) is 19.9 Å². The Morgan fingerprint density at radius 3 is 2.79 bits per heavy atom. The third-order valence-corrected chi connectivity index (χ3v) is 9.62. The van der Waals surface area contributed by atoms with Crippen molar-refractivity contribution in [1.29, 1.82) is 0 Å². The van der Waals surface area contributed by atoms with Crippen molar-refractivity contribution in [3.63, 3.8) is 0 Å². The molecule has 3 aromatic rings. The van der Waals surface area contributed by atoms with E-state index in [0.29, 0.717) is 38.5 Å². The van der Waals surface area contributed by atoms with Crippen molar-refractivity contribution in [3.8, 4) is 0 Å². The van der Waals surface area contributed by atoms with Crippen molar-refractivity contribution >= 4 is 31.8 Å². The first-order valence-electron chi connectivity index (χ1n) is 12.3. The summed E-state index contributed by atoms with van der Waals surface area (Å²) < 4.78 is 37.5. The maximum absolute atomic E-state index is 13.3. The molecule has 2 fully saturated rings. The van der Waals surface area contributed by atoms with E-state index in [1.807, 2.05) is 18.6 Å². The van der Waals surface area contributed by atoms with E-state index >= 15 is 0 Å². The van der Waals surface area contributed by atoms with Crippen LogP contribution in [0.15, 0.2) is 30.7 Å². The molecule has 2 aliphatic rings. The van der Waals surface area contributed by atoms with Gasteiger partial charge in [0.1, 0.15) is 11.5 Å². The predicted molar refractivity (Wildman–Crippen MR) is 133 cm³/mol. The van der Waals surface area contributed by atoms with Gasteiger partial charge in [-0.3, -0.25) is 9.88 Å². The van der Waals surface area contributed by atoms with Crippen molar-refractivity contribution in [2.24, 2.45) is 0 Å². The zero-order valence-electron chi connectivity index (χ0n) is 19.8. The van der Waals surface area contributed by atoms with Crippen LogP contribution < -0.4 is 0 Å². The number of hydrogen-bond donors (Lipinski definition) is 1. The third-order valence-electron chi connectivity index (χ3n) is 7.41. The van der Waals surface area contributed by atoms with Crippen LogP contribution in [-0.2, 0) is 19.3 Å². The molecule has 1 atom stereocenters. The first-order chi connectivity index (χ1) is 16.5. The van der Waals surface area contributed by atoms with E-state index < -0.39 is 9.84 Å². The number of piperidine rings is 1. The van der Waals surface area contributed by atoms with Crippen LogP contribution in [0.2, 0.25) is 0 Å². The molecule has 34 heavy (non-hydrogen) atoms. The molecule has 1 saturated carbocycles. The van der Waals surface area contributed by atoms with Gasteiger partial charge in [0, 0.05) is 36.8 Å². The Labute approximate surface area is 201 Å². The topological polar surface area (TPSA) is 97.4 Å². The van der Waals surface area contributed by atoms with Crippen LogP contribution in [0.25, 0.3) is 21.9 Å². The normalized spacial score (nSPS) is 24.7. The van der Waals surface area contributed by atoms with Crippen LogP contribution in [0.1, 0.15) is 50.0 Å². The van der Waals surface area contributed by atoms with Gasteiger partial charge in [-0.2, -0.15) is 0 Å². The van der Waals surface area contributed by atoms with Gasteiger partial charge in [0.25, 0.3) is 0 Å². The Kier molecular flexibility index (Phi) is 7.15. The Morgan fingerprint density at radius 1 is 1.12 bits per heavy atom. The lowest BCUT2D eigenvalue weighted by Crippen LogP contribution is -2.44. The van der Waals surface area contributed by atoms with Crippen LogP contribution in [-0.4, -0.2) is 78.9 Å². The van der Waals surface area contributed by atoms with Crippen molar-refractivity contribution in [2.75, 3.05) is 39.3 Å². The second-order valence-corrected chi connectivity index (χ2v) is 11.9. The van der Waals surface area contributed by atoms with Crippen LogP contribution >= 0.6 is 0 Å². The minimum atomic E-state index is -3.19. The summed E-state index contributed by atoms with van der Waals surface area (Å²) in [7, 11) is -1.53. The third kappa shape index (κ3) is 4.98. The molecular weight excluding hydrogens is 452 g/mol. The second kappa shape index (κ2) is 10.3. The summed E-state index contributed by atoms with van der Waals surface area (Å²) in [5, 5.41) is 1.97. The molecule has 3 aromatic heterocycles. The molecule has 1 aliphatic heterocycles. The summed E-state index contributed by atoms with van der Waals surface area (Å²) in [5.41, 5.74) is 3.02. The van der Waals surface area contributed by atoms with E-state index in [2.05, 4.69) is 32.0 Å². The highest BCUT2D eigenvalue weighted by molar-refractivity contribution is 7.91. The van der Waals surface area contributed by atoms with E-state index in [0.717, 1.165) is 54.2 Å². The van der Waals surface area contributed by atoms with E-state index in [1.54, 1.807) is 7.11 Å². The molecule has 0 spiro atoms. The molecule has 0 bridgehead atoms. The molecule has 1 saturated heterocycles. The van der Waals surface area contributed by atoms with E-state index in [4.69, 9.17) is 9.47 Å². The summed E-state index contributed by atoms with van der Waals surface area (Å²) in [6.45, 7) is 2.63. The molecule has 0 amide bonds. The molecule has 1 aliphatic carbocycles. The highest BCUT2D eigenvalue weighted by Crippen LogP contribution is 2.39. The summed E-state index contributed by atoms with van der Waals surface area (Å²) in [5.74, 6) is 0.478. The minimum Gasteiger partial charge on any atom is -0.382 e. The molecule has 1 N–H and O–H groups in total. The fourth-order valence-corrected chi connectivity index (χ4v) is 7.62. The number of pyridine rings is 2. The number of rotatable bonds is 8. The molecule has 9 heteroatoms. The first kappa shape index (κ1) is 23.7. The lowest BCUT2D eigenvalue weighted by Gasteiger charge is -2.34. The van der Waals surface area contributed by atoms with Gasteiger partial charge in [-0.05, 0) is 68.7 Å². The molecule has 4 heterocycles. The van der Waals surface area contributed by atoms with Gasteiger partial charge in [-0.1, -0.05) is 0 Å². The molecule has 1 unspecified atom stereocenters. The predicted octanol–water partition coefficient (Wildman–Crippen LogP) is 3.64. The fourth-order valence-electron chi connectivity index (χ4n) is 5.68. The van der Waals surface area contributed by atoms with E-state index in [1.165, 1.54) is 5.56 Å². The average Bonchev–Trinajstić information content (AvgIpc) is 3.33. The van der Waals surface area contributed by atoms with Crippen LogP contribution in [0.3, 0.4) is 0 Å². The molecular formula is C25H34N4O4S. The number of likely N-dealkylation sites (tertiary alicyclic amines) is 1. The number of nitrogens with zero attached hydrogens (tertiary/aromatic N) is 3. The number of methoxy groups -OCH3 is 1. The van der Waals surface area contributed by atoms with Crippen LogP contribution in [0, 0.1) is 0 Å². The molecule has 8 nitrogen and oxygen atoms in total. The summed E-state index contributed by atoms with van der Waals surface area (Å²) >= 11 is 0. The Bertz CT molecular complexity index is 1220. The number of fused-ring (bicyclic) bond motifs is 3. The summed E-state index contributed by atoms with van der Waals surface area (Å²) in [6.07, 6.45) is 10.8. The molecule has 5 rings (SSSR count). The number of H-pyrrole nitrogens is 1. The molecule has 184 valence electrons. The van der Waals surface area contributed by atoms with Crippen molar-refractivity contribution in [3.05, 3.63) is 36.3 Å². The fraction of sp³-hybridized carbons (Fsp3) is 0.600. The van der Waals surface area contributed by atoms with Gasteiger partial charge >= 0.3 is 0 Å². The number of aromatic amines is 1. The van der Waals surface area contributed by atoms with Gasteiger partial charge in [-0.25, -0.2) is 13.4 Å². The van der Waals surface area contributed by atoms with Gasteiger partial charge in [0.05, 0.1) is 36.3 Å². The minimum absolute atomic E-state index is 0.0922. The highest BCUT2D eigenvalue weighted by atomic mass is 32.2. The van der Waals surface area contributed by atoms with Gasteiger partial charge < -0.3 is 14.5 Å². The monoisotopic (exact) mass is 486 g/mol. The standard InChI is InChI=1S/C25H34N4O4S/c1-32-13-14-33-19-3-2-12-29(16-19)17-34(30,31)20-6-4-18(5-7-20)21-8-10-26-23-15-28-25-22(24(21)23)9-11-27-25/h8-11,15,18-20H,2-7,12-14,16-17H2,1H3,(H,27,28). The van der Waals surface area contributed by atoms with E-state index in [9.17, 15) is 8.42 Å². The second-order valence-electron chi connectivity index (χ2n) is 9.63. The van der Waals surface area contributed by atoms with Crippen LogP contribution in [0.5, 0.6) is 0 Å². The lowest BCUT2D eigenvalue weighted by atomic mass is 9.82. The van der Waals surface area contributed by atoms with Crippen LogP contribution in [0.4, 0.5) is 0 Å². The Morgan fingerprint density at radius 2 is 1.97 bits per heavy atom. The zero-order valence-corrected chi connectivity index (χ0v) is 20.6. The largest absolute Gasteiger partial charge is 0.382 e. The van der Waals surface area contributed by atoms with Gasteiger partial charge in [0.2, 0.25) is 0 Å². The van der Waals surface area contributed by atoms with Gasteiger partial charge in [0.15, 0.2) is 9.84 Å². The van der Waals surface area contributed by atoms with Crippen molar-refractivity contribution in [2.45, 2.75) is 55.8 Å². The summed E-state index contributed by atoms with van der Waals surface area (Å²) in [6, 6.07) is 4.16. The smallest absolute Gasteiger partial charge is 0.166 e. The Balaban J connectivity index is 1.23.